The van der Waals surface area contributed by atoms with Crippen LogP contribution in [0.25, 0.3) is 0 Å². The topological polar surface area (TPSA) is 83.1 Å². The lowest BCUT2D eigenvalue weighted by Gasteiger charge is -2.70. The Kier molecular flexibility index (Phi) is 34.8. The van der Waals surface area contributed by atoms with Crippen molar-refractivity contribution in [2.75, 3.05) is 76.7 Å². The highest BCUT2D eigenvalue weighted by Gasteiger charge is 2.69. The van der Waals surface area contributed by atoms with E-state index in [1.807, 2.05) is 62.3 Å². The molecule has 24 heteroatoms. The SMILES string of the molecule is CCO[Si](CCS(S)(SS)C(C(CC)CCCC(C)C)(S(S)(CC[Si](OCC)(OCC)OCC)SS)S(S)(CC[Si](OCC)(OCC)OCC)SS)(OCC)OCC. The maximum atomic E-state index is 6.50. The van der Waals surface area contributed by atoms with Crippen molar-refractivity contribution in [2.45, 2.75) is 130 Å². The van der Waals surface area contributed by atoms with Crippen LogP contribution < -0.4 is 0 Å². The predicted molar refractivity (Wildman–Crippen MR) is 296 cm³/mol. The summed E-state index contributed by atoms with van der Waals surface area (Å²) in [7, 11) is -11.5. The molecule has 4 atom stereocenters. The van der Waals surface area contributed by atoms with Gasteiger partial charge in [0.25, 0.3) is 0 Å². The van der Waals surface area contributed by atoms with Crippen LogP contribution in [0.15, 0.2) is 0 Å². The van der Waals surface area contributed by atoms with E-state index in [9.17, 15) is 0 Å². The molecule has 4 unspecified atom stereocenters. The van der Waals surface area contributed by atoms with Crippen LogP contribution in [0.3, 0.4) is 0 Å². The molecule has 0 N–H and O–H groups in total. The third-order valence-electron chi connectivity index (χ3n) is 9.36. The van der Waals surface area contributed by atoms with E-state index in [0.29, 0.717) is 101 Å². The van der Waals surface area contributed by atoms with Crippen molar-refractivity contribution >= 4 is 150 Å². The smallest absolute Gasteiger partial charge is 0.374 e. The fourth-order valence-corrected chi connectivity index (χ4v) is 67.0. The van der Waals surface area contributed by atoms with Crippen molar-refractivity contribution < 1.29 is 39.8 Å². The Morgan fingerprint density at radius 1 is 0.448 bits per heavy atom. The van der Waals surface area contributed by atoms with E-state index >= 15 is 0 Å². The molecule has 0 aromatic rings. The van der Waals surface area contributed by atoms with Gasteiger partial charge in [-0.3, -0.25) is 0 Å². The first kappa shape index (κ1) is 62.5. The number of rotatable bonds is 39. The standard InChI is InChI=1S/C34H82O9S12Si3/c1-13-33(25-23-24-32(11)12)34(53(47,50-44)26-29-56(35-14-2,36-15-3)37-16-4,54(48,51-45)27-30-57(38-17-5,39-18-6)40-19-7)55(49,52-46)28-31-58(41-20-8,42-21-9)43-22-10/h32-33,44-49H,13-31H2,1-12H3. The Balaban J connectivity index is 8.69. The van der Waals surface area contributed by atoms with Crippen LogP contribution in [0.4, 0.5) is 0 Å². The van der Waals surface area contributed by atoms with Crippen molar-refractivity contribution in [1.29, 1.82) is 0 Å². The quantitative estimate of drug-likeness (QED) is 0.0202. The summed E-state index contributed by atoms with van der Waals surface area (Å²) in [5.74, 6) is 2.53. The van der Waals surface area contributed by atoms with Crippen LogP contribution >= 0.6 is 124 Å². The van der Waals surface area contributed by atoms with Crippen LogP contribution in [0.1, 0.15) is 109 Å². The molecule has 0 saturated carbocycles. The average molecular weight is 1100 g/mol. The molecule has 0 amide bonds. The number of hydrogen-bond donors (Lipinski definition) is 6. The summed E-state index contributed by atoms with van der Waals surface area (Å²) >= 11 is 33.9. The highest BCUT2D eigenvalue weighted by molar-refractivity contribution is 9.48. The Morgan fingerprint density at radius 3 is 0.862 bits per heavy atom. The average Bonchev–Trinajstić information content (AvgIpc) is 3.19. The van der Waals surface area contributed by atoms with E-state index in [-0.39, 0.29) is 5.92 Å². The highest BCUT2D eigenvalue weighted by atomic mass is 33.8. The molecule has 9 nitrogen and oxygen atoms in total. The zero-order valence-corrected chi connectivity index (χ0v) is 50.7. The summed E-state index contributed by atoms with van der Waals surface area (Å²) in [6, 6.07) is 1.68. The van der Waals surface area contributed by atoms with E-state index in [1.54, 1.807) is 29.5 Å². The Morgan fingerprint density at radius 2 is 0.690 bits per heavy atom. The lowest BCUT2D eigenvalue weighted by atomic mass is 9.97. The molecule has 0 rings (SSSR count). The van der Waals surface area contributed by atoms with Crippen molar-refractivity contribution in [3.8, 4) is 0 Å². The minimum absolute atomic E-state index is 0.102. The largest absolute Gasteiger partial charge is 0.501 e. The Hall–Kier alpha value is 4.49. The van der Waals surface area contributed by atoms with Gasteiger partial charge in [-0.2, -0.15) is 0 Å². The fourth-order valence-electron chi connectivity index (χ4n) is 7.28. The lowest BCUT2D eigenvalue weighted by Crippen LogP contribution is -2.52. The summed E-state index contributed by atoms with van der Waals surface area (Å²) in [6.45, 7) is 29.2. The van der Waals surface area contributed by atoms with Gasteiger partial charge in [0, 0.05) is 94.9 Å². The second kappa shape index (κ2) is 32.3. The summed E-state index contributed by atoms with van der Waals surface area (Å²) in [5, 5.41) is 0. The number of hydrogen-bond acceptors (Lipinski definition) is 18. The molecule has 0 aromatic carbocycles. The minimum atomic E-state index is -3.15. The summed E-state index contributed by atoms with van der Waals surface area (Å²) in [4.78, 5) is 0. The third kappa shape index (κ3) is 17.2. The first-order chi connectivity index (χ1) is 27.5. The summed E-state index contributed by atoms with van der Waals surface area (Å²) in [6.07, 6.45) is 3.96. The zero-order chi connectivity index (χ0) is 44.6. The lowest BCUT2D eigenvalue weighted by molar-refractivity contribution is 0.0721. The zero-order valence-electron chi connectivity index (χ0n) is 37.4. The molecule has 356 valence electrons. The molecule has 0 saturated heterocycles. The molecular weight excluding hydrogens is 1020 g/mol. The van der Waals surface area contributed by atoms with Gasteiger partial charge in [0.1, 0.15) is 3.41 Å². The van der Waals surface area contributed by atoms with Crippen molar-refractivity contribution in [3.05, 3.63) is 0 Å². The molecule has 0 heterocycles. The van der Waals surface area contributed by atoms with Gasteiger partial charge in [-0.15, -0.1) is 94.2 Å². The first-order valence-electron chi connectivity index (χ1n) is 20.8. The van der Waals surface area contributed by atoms with E-state index in [4.69, 9.17) is 110 Å². The van der Waals surface area contributed by atoms with Gasteiger partial charge in [-0.05, 0) is 110 Å². The second-order valence-corrected chi connectivity index (χ2v) is 48.2. The Bertz CT molecular complexity index is 918. The van der Waals surface area contributed by atoms with Crippen molar-refractivity contribution in [2.24, 2.45) is 11.8 Å². The summed E-state index contributed by atoms with van der Waals surface area (Å²) < 4.78 is 57.8. The van der Waals surface area contributed by atoms with Gasteiger partial charge in [-0.25, -0.2) is 0 Å². The number of thiol groups is 6. The third-order valence-corrected chi connectivity index (χ3v) is 57.9. The van der Waals surface area contributed by atoms with Gasteiger partial charge in [0.15, 0.2) is 0 Å². The van der Waals surface area contributed by atoms with Crippen LogP contribution in [0.2, 0.25) is 18.1 Å². The van der Waals surface area contributed by atoms with Gasteiger partial charge in [0.05, 0.1) is 0 Å². The molecule has 0 aliphatic heterocycles. The molecule has 0 fully saturated rings. The van der Waals surface area contributed by atoms with Gasteiger partial charge in [0.2, 0.25) is 0 Å². The Labute approximate surface area is 404 Å². The van der Waals surface area contributed by atoms with Gasteiger partial charge < -0.3 is 39.8 Å². The van der Waals surface area contributed by atoms with Crippen LogP contribution in [0, 0.1) is 11.8 Å². The second-order valence-electron chi connectivity index (χ2n) is 13.5. The van der Waals surface area contributed by atoms with Crippen LogP contribution in [0.5, 0.6) is 0 Å². The summed E-state index contributed by atoms with van der Waals surface area (Å²) in [5.41, 5.74) is 0. The van der Waals surface area contributed by atoms with E-state index in [0.717, 1.165) is 25.7 Å². The van der Waals surface area contributed by atoms with Gasteiger partial charge >= 0.3 is 26.4 Å². The van der Waals surface area contributed by atoms with Crippen molar-refractivity contribution in [1.82, 2.24) is 0 Å². The normalized spacial score (nSPS) is 19.5. The molecule has 58 heavy (non-hydrogen) atoms. The van der Waals surface area contributed by atoms with Crippen LogP contribution in [-0.4, -0.2) is 107 Å². The van der Waals surface area contributed by atoms with Gasteiger partial charge in [-0.1, -0.05) is 40.0 Å². The van der Waals surface area contributed by atoms with Crippen LogP contribution in [-0.2, 0) is 39.8 Å². The maximum absolute atomic E-state index is 6.50. The molecular formula is C34H82O9S12Si3. The molecule has 0 aliphatic rings. The first-order valence-corrected chi connectivity index (χ1v) is 42.3. The molecule has 0 aromatic heterocycles. The van der Waals surface area contributed by atoms with E-state index in [1.165, 1.54) is 0 Å². The molecule has 0 spiro atoms. The highest BCUT2D eigenvalue weighted by Crippen LogP contribution is 3.04. The maximum Gasteiger partial charge on any atom is 0.501 e. The van der Waals surface area contributed by atoms with Crippen molar-refractivity contribution in [3.63, 3.8) is 0 Å². The monoisotopic (exact) mass is 1100 g/mol. The molecule has 0 radical (unpaired) electrons. The fraction of sp³-hybridized carbons (Fsp3) is 1.00. The predicted octanol–water partition coefficient (Wildman–Crippen LogP) is 14.1. The van der Waals surface area contributed by atoms with E-state index < -0.39 is 54.1 Å². The minimum Gasteiger partial charge on any atom is -0.374 e. The van der Waals surface area contributed by atoms with E-state index in [2.05, 4.69) is 20.8 Å². The molecule has 0 aliphatic carbocycles. The molecule has 0 bridgehead atoms.